The predicted octanol–water partition coefficient (Wildman–Crippen LogP) is 2.59. The van der Waals surface area contributed by atoms with Crippen molar-refractivity contribution in [3.63, 3.8) is 0 Å². The van der Waals surface area contributed by atoms with Crippen LogP contribution in [0.25, 0.3) is 0 Å². The number of hydrogen-bond acceptors (Lipinski definition) is 6. The molecule has 2 N–H and O–H groups in total. The van der Waals surface area contributed by atoms with Gasteiger partial charge in [-0.3, -0.25) is 19.2 Å². The van der Waals surface area contributed by atoms with Gasteiger partial charge in [0.05, 0.1) is 19.2 Å². The second-order valence-corrected chi connectivity index (χ2v) is 11.9. The smallest absolute Gasteiger partial charge is 0.325 e. The Morgan fingerprint density at radius 3 is 1.95 bits per heavy atom. The lowest BCUT2D eigenvalue weighted by Crippen LogP contribution is -2.62. The molecule has 1 unspecified atom stereocenters. The van der Waals surface area contributed by atoms with Gasteiger partial charge in [0.1, 0.15) is 12.6 Å². The van der Waals surface area contributed by atoms with Gasteiger partial charge >= 0.3 is 5.97 Å². The molecular formula is C29H48N4O5. The van der Waals surface area contributed by atoms with Gasteiger partial charge in [0.25, 0.3) is 0 Å². The van der Waals surface area contributed by atoms with Gasteiger partial charge < -0.3 is 25.2 Å². The summed E-state index contributed by atoms with van der Waals surface area (Å²) in [5.74, 6) is -1.39. The molecule has 0 saturated heterocycles. The van der Waals surface area contributed by atoms with Crippen molar-refractivity contribution in [2.75, 3.05) is 34.3 Å². The third-order valence-corrected chi connectivity index (χ3v) is 7.20. The number of amides is 3. The maximum atomic E-state index is 13.9. The van der Waals surface area contributed by atoms with Crippen LogP contribution in [0.3, 0.4) is 0 Å². The Labute approximate surface area is 228 Å². The highest BCUT2D eigenvalue weighted by atomic mass is 16.5. The highest BCUT2D eigenvalue weighted by Gasteiger charge is 2.42. The Morgan fingerprint density at radius 2 is 1.53 bits per heavy atom. The lowest BCUT2D eigenvalue weighted by Gasteiger charge is -2.41. The molecule has 38 heavy (non-hydrogen) atoms. The van der Waals surface area contributed by atoms with Gasteiger partial charge in [-0.25, -0.2) is 0 Å². The molecule has 9 heteroatoms. The van der Waals surface area contributed by atoms with E-state index in [1.54, 1.807) is 19.0 Å². The van der Waals surface area contributed by atoms with E-state index in [2.05, 4.69) is 10.6 Å². The van der Waals surface area contributed by atoms with E-state index in [4.69, 9.17) is 4.74 Å². The van der Waals surface area contributed by atoms with Gasteiger partial charge in [0.2, 0.25) is 17.7 Å². The van der Waals surface area contributed by atoms with Crippen molar-refractivity contribution in [1.29, 1.82) is 0 Å². The zero-order valence-corrected chi connectivity index (χ0v) is 25.0. The Hall–Kier alpha value is -2.94. The van der Waals surface area contributed by atoms with Crippen molar-refractivity contribution < 1.29 is 23.9 Å². The van der Waals surface area contributed by atoms with E-state index in [-0.39, 0.29) is 36.7 Å². The van der Waals surface area contributed by atoms with Crippen LogP contribution in [-0.4, -0.2) is 85.9 Å². The second kappa shape index (κ2) is 13.7. The maximum Gasteiger partial charge on any atom is 0.325 e. The Kier molecular flexibility index (Phi) is 12.0. The number of methoxy groups -OCH3 is 1. The van der Waals surface area contributed by atoms with Gasteiger partial charge in [-0.1, -0.05) is 78.8 Å². The first kappa shape index (κ1) is 33.1. The summed E-state index contributed by atoms with van der Waals surface area (Å²) in [6.07, 6.45) is 0. The van der Waals surface area contributed by atoms with Crippen molar-refractivity contribution >= 4 is 23.7 Å². The van der Waals surface area contributed by atoms with Gasteiger partial charge in [-0.2, -0.15) is 0 Å². The number of nitrogens with zero attached hydrogens (tertiary/aromatic N) is 2. The van der Waals surface area contributed by atoms with Gasteiger partial charge in [0.15, 0.2) is 0 Å². The molecule has 0 aliphatic carbocycles. The minimum atomic E-state index is -0.824. The van der Waals surface area contributed by atoms with Crippen LogP contribution in [0.1, 0.15) is 61.0 Å². The molecule has 0 aliphatic heterocycles. The second-order valence-electron chi connectivity index (χ2n) is 11.9. The fraction of sp³-hybridized carbons (Fsp3) is 0.655. The average molecular weight is 533 g/mol. The van der Waals surface area contributed by atoms with Crippen LogP contribution in [0.5, 0.6) is 0 Å². The first-order valence-corrected chi connectivity index (χ1v) is 13.1. The van der Waals surface area contributed by atoms with E-state index < -0.39 is 34.9 Å². The highest BCUT2D eigenvalue weighted by molar-refractivity contribution is 5.91. The van der Waals surface area contributed by atoms with Crippen LogP contribution in [0.4, 0.5) is 0 Å². The summed E-state index contributed by atoms with van der Waals surface area (Å²) in [6, 6.07) is 7.97. The molecule has 0 aliphatic rings. The van der Waals surface area contributed by atoms with E-state index in [1.807, 2.05) is 78.8 Å². The molecule has 0 heterocycles. The fourth-order valence-corrected chi connectivity index (χ4v) is 4.63. The lowest BCUT2D eigenvalue weighted by atomic mass is 9.76. The van der Waals surface area contributed by atoms with Crippen LogP contribution in [0.2, 0.25) is 0 Å². The third-order valence-electron chi connectivity index (χ3n) is 7.20. The molecule has 1 rings (SSSR count). The van der Waals surface area contributed by atoms with E-state index in [0.717, 1.165) is 5.56 Å². The topological polar surface area (TPSA) is 108 Å². The van der Waals surface area contributed by atoms with Crippen LogP contribution < -0.4 is 10.6 Å². The third kappa shape index (κ3) is 8.55. The van der Waals surface area contributed by atoms with Crippen LogP contribution in [-0.2, 0) is 29.3 Å². The summed E-state index contributed by atoms with van der Waals surface area (Å²) in [5, 5.41) is 6.17. The van der Waals surface area contributed by atoms with Crippen molar-refractivity contribution in [3.8, 4) is 0 Å². The van der Waals surface area contributed by atoms with Crippen molar-refractivity contribution in [2.24, 2.45) is 11.3 Å². The van der Waals surface area contributed by atoms with E-state index in [1.165, 1.54) is 18.9 Å². The number of carbonyl (C=O) groups excluding carboxylic acids is 4. The molecule has 0 radical (unpaired) electrons. The van der Waals surface area contributed by atoms with Gasteiger partial charge in [-0.05, 0) is 23.9 Å². The molecule has 3 amide bonds. The summed E-state index contributed by atoms with van der Waals surface area (Å²) < 4.78 is 4.73. The molecule has 1 aromatic carbocycles. The Morgan fingerprint density at radius 1 is 0.974 bits per heavy atom. The number of likely N-dealkylation sites (N-methyl/N-ethyl adjacent to an activating group) is 2. The number of carbonyl (C=O) groups is 4. The number of nitrogens with one attached hydrogen (secondary N) is 2. The van der Waals surface area contributed by atoms with E-state index >= 15 is 0 Å². The summed E-state index contributed by atoms with van der Waals surface area (Å²) in [6.45, 7) is 15.0. The molecule has 3 atom stereocenters. The molecule has 214 valence electrons. The number of hydrogen-bond donors (Lipinski definition) is 2. The van der Waals surface area contributed by atoms with Crippen LogP contribution in [0, 0.1) is 11.3 Å². The zero-order valence-electron chi connectivity index (χ0n) is 25.0. The maximum absolute atomic E-state index is 13.9. The molecule has 0 spiro atoms. The first-order valence-electron chi connectivity index (χ1n) is 13.1. The summed E-state index contributed by atoms with van der Waals surface area (Å²) in [4.78, 5) is 54.7. The number of ether oxygens (including phenoxy) is 1. The largest absolute Gasteiger partial charge is 0.468 e. The quantitative estimate of drug-likeness (QED) is 0.401. The molecule has 0 fully saturated rings. The van der Waals surface area contributed by atoms with Gasteiger partial charge in [-0.15, -0.1) is 0 Å². The Bertz CT molecular complexity index is 955. The average Bonchev–Trinajstić information content (AvgIpc) is 2.83. The van der Waals surface area contributed by atoms with E-state index in [0.29, 0.717) is 0 Å². The lowest BCUT2D eigenvalue weighted by molar-refractivity contribution is -0.148. The predicted molar refractivity (Wildman–Crippen MR) is 149 cm³/mol. The van der Waals surface area contributed by atoms with Crippen molar-refractivity contribution in [3.05, 3.63) is 35.9 Å². The summed E-state index contributed by atoms with van der Waals surface area (Å²) in [5.41, 5.74) is -0.141. The minimum Gasteiger partial charge on any atom is -0.468 e. The normalized spacial score (nSPS) is 14.3. The Balaban J connectivity index is 3.27. The monoisotopic (exact) mass is 532 g/mol. The SMILES string of the molecule is CN[C@H](C(=O)NC(C(=O)N(C)[C@H](CN(CC(=O)OC)C(C)=O)C(C)C)C(C)(C)C)C(C)(C)c1ccccc1. The summed E-state index contributed by atoms with van der Waals surface area (Å²) >= 11 is 0. The molecule has 0 saturated carbocycles. The molecule has 0 bridgehead atoms. The molecular weight excluding hydrogens is 484 g/mol. The number of benzene rings is 1. The fourth-order valence-electron chi connectivity index (χ4n) is 4.63. The van der Waals surface area contributed by atoms with Gasteiger partial charge in [0, 0.05) is 25.9 Å². The zero-order chi connectivity index (χ0) is 29.4. The standard InChI is InChI=1S/C29H48N4O5/c1-19(2)22(17-33(20(3)34)18-23(35)38-11)32(10)27(37)25(28(4,5)6)31-26(36)24(30-9)29(7,8)21-15-13-12-14-16-21/h12-16,19,22,24-25,30H,17-18H2,1-11H3,(H,31,36)/t22-,24-,25?/m1/s1. The van der Waals surface area contributed by atoms with Crippen molar-refractivity contribution in [2.45, 2.75) is 78.9 Å². The van der Waals surface area contributed by atoms with Crippen molar-refractivity contribution in [1.82, 2.24) is 20.4 Å². The number of esters is 1. The summed E-state index contributed by atoms with van der Waals surface area (Å²) in [7, 11) is 4.68. The minimum absolute atomic E-state index is 0.0261. The highest BCUT2D eigenvalue weighted by Crippen LogP contribution is 2.29. The number of rotatable bonds is 12. The van der Waals surface area contributed by atoms with Crippen LogP contribution >= 0.6 is 0 Å². The molecule has 0 aromatic heterocycles. The molecule has 9 nitrogen and oxygen atoms in total. The first-order chi connectivity index (χ1) is 17.5. The van der Waals surface area contributed by atoms with E-state index in [9.17, 15) is 19.2 Å². The molecule has 1 aromatic rings. The van der Waals surface area contributed by atoms with Crippen LogP contribution in [0.15, 0.2) is 30.3 Å².